The summed E-state index contributed by atoms with van der Waals surface area (Å²) in [4.78, 5) is 18.7. The predicted octanol–water partition coefficient (Wildman–Crippen LogP) is 3.96. The van der Waals surface area contributed by atoms with Crippen molar-refractivity contribution in [1.82, 2.24) is 0 Å². The number of hydrogen-bond donors (Lipinski definition) is 0. The molecule has 2 aliphatic heterocycles. The number of thioether (sulfide) groups is 1. The largest absolute Gasteiger partial charge is 0.316 e. The number of fused-ring (bicyclic) bond motifs is 1. The molecule has 5 nitrogen and oxygen atoms in total. The Labute approximate surface area is 180 Å². The SMILES string of the molecule is O=C(CCCc1ccccc1)N=C1SC2CS(=O)(=O)CC2N1c1cccc(Cl)c1. The van der Waals surface area contributed by atoms with Gasteiger partial charge in [0.1, 0.15) is 0 Å². The molecule has 1 amide bonds. The lowest BCUT2D eigenvalue weighted by molar-refractivity contribution is -0.117. The van der Waals surface area contributed by atoms with Crippen LogP contribution in [0.5, 0.6) is 0 Å². The number of nitrogens with zero attached hydrogens (tertiary/aromatic N) is 2. The lowest BCUT2D eigenvalue weighted by atomic mass is 10.1. The Kier molecular flexibility index (Phi) is 5.99. The van der Waals surface area contributed by atoms with Gasteiger partial charge < -0.3 is 4.90 Å². The molecule has 2 saturated heterocycles. The number of rotatable bonds is 5. The molecule has 2 aliphatic rings. The lowest BCUT2D eigenvalue weighted by Gasteiger charge is -2.24. The summed E-state index contributed by atoms with van der Waals surface area (Å²) >= 11 is 7.53. The molecule has 8 heteroatoms. The van der Waals surface area contributed by atoms with Crippen molar-refractivity contribution in [1.29, 1.82) is 0 Å². The molecule has 4 rings (SSSR count). The average molecular weight is 449 g/mol. The molecule has 0 aliphatic carbocycles. The van der Waals surface area contributed by atoms with Crippen molar-refractivity contribution < 1.29 is 13.2 Å². The van der Waals surface area contributed by atoms with Crippen molar-refractivity contribution in [3.63, 3.8) is 0 Å². The highest BCUT2D eigenvalue weighted by molar-refractivity contribution is 8.16. The van der Waals surface area contributed by atoms with Gasteiger partial charge in [0.25, 0.3) is 0 Å². The van der Waals surface area contributed by atoms with Gasteiger partial charge >= 0.3 is 0 Å². The summed E-state index contributed by atoms with van der Waals surface area (Å²) in [7, 11) is -3.09. The van der Waals surface area contributed by atoms with Gasteiger partial charge in [-0.25, -0.2) is 8.42 Å². The van der Waals surface area contributed by atoms with Gasteiger partial charge in [0.2, 0.25) is 5.91 Å². The average Bonchev–Trinajstić information content (AvgIpc) is 3.13. The molecule has 0 aromatic heterocycles. The van der Waals surface area contributed by atoms with Crippen LogP contribution in [0.1, 0.15) is 18.4 Å². The van der Waals surface area contributed by atoms with Gasteiger partial charge in [0.05, 0.1) is 17.5 Å². The van der Waals surface area contributed by atoms with Gasteiger partial charge in [0, 0.05) is 22.4 Å². The van der Waals surface area contributed by atoms with Gasteiger partial charge in [-0.2, -0.15) is 4.99 Å². The van der Waals surface area contributed by atoms with Gasteiger partial charge in [-0.1, -0.05) is 59.8 Å². The molecule has 2 atom stereocenters. The maximum atomic E-state index is 12.5. The summed E-state index contributed by atoms with van der Waals surface area (Å²) in [6, 6.07) is 17.1. The molecular weight excluding hydrogens is 428 g/mol. The number of aliphatic imine (C=N–C) groups is 1. The number of halogens is 1. The van der Waals surface area contributed by atoms with E-state index in [9.17, 15) is 13.2 Å². The first-order valence-corrected chi connectivity index (χ1v) is 12.6. The second-order valence-electron chi connectivity index (χ2n) is 7.28. The number of hydrogen-bond acceptors (Lipinski definition) is 4. The zero-order chi connectivity index (χ0) is 20.4. The lowest BCUT2D eigenvalue weighted by Crippen LogP contribution is -2.37. The third-order valence-corrected chi connectivity index (χ3v) is 8.52. The summed E-state index contributed by atoms with van der Waals surface area (Å²) < 4.78 is 24.2. The number of aryl methyl sites for hydroxylation is 1. The minimum Gasteiger partial charge on any atom is -0.316 e. The normalized spacial score (nSPS) is 24.0. The second kappa shape index (κ2) is 8.50. The molecule has 29 heavy (non-hydrogen) atoms. The van der Waals surface area contributed by atoms with Crippen molar-refractivity contribution in [2.24, 2.45) is 4.99 Å². The number of carbonyl (C=O) groups excluding carboxylic acids is 1. The highest BCUT2D eigenvalue weighted by Crippen LogP contribution is 2.41. The Morgan fingerprint density at radius 3 is 2.69 bits per heavy atom. The molecule has 2 heterocycles. The molecule has 2 unspecified atom stereocenters. The molecule has 0 radical (unpaired) electrons. The van der Waals surface area contributed by atoms with Crippen molar-refractivity contribution in [3.8, 4) is 0 Å². The number of benzene rings is 2. The van der Waals surface area contributed by atoms with Crippen LogP contribution >= 0.6 is 23.4 Å². The monoisotopic (exact) mass is 448 g/mol. The molecule has 0 N–H and O–H groups in total. The Morgan fingerprint density at radius 1 is 1.14 bits per heavy atom. The smallest absolute Gasteiger partial charge is 0.248 e. The maximum Gasteiger partial charge on any atom is 0.248 e. The second-order valence-corrected chi connectivity index (χ2v) is 11.1. The van der Waals surface area contributed by atoms with E-state index in [1.807, 2.05) is 47.4 Å². The number of amidine groups is 1. The Hall–Kier alpha value is -1.83. The van der Waals surface area contributed by atoms with E-state index >= 15 is 0 Å². The highest BCUT2D eigenvalue weighted by atomic mass is 35.5. The van der Waals surface area contributed by atoms with E-state index in [1.54, 1.807) is 12.1 Å². The fraction of sp³-hybridized carbons (Fsp3) is 0.333. The fourth-order valence-corrected chi connectivity index (χ4v) is 7.86. The van der Waals surface area contributed by atoms with E-state index in [2.05, 4.69) is 4.99 Å². The van der Waals surface area contributed by atoms with Crippen molar-refractivity contribution in [3.05, 3.63) is 65.2 Å². The zero-order valence-electron chi connectivity index (χ0n) is 15.7. The van der Waals surface area contributed by atoms with Crippen LogP contribution in [0, 0.1) is 0 Å². The third-order valence-electron chi connectivity index (χ3n) is 5.07. The van der Waals surface area contributed by atoms with E-state index in [1.165, 1.54) is 17.3 Å². The number of amides is 1. The van der Waals surface area contributed by atoms with Crippen LogP contribution in [-0.4, -0.2) is 42.3 Å². The molecular formula is C21H21ClN2O3S2. The molecule has 2 aromatic rings. The quantitative estimate of drug-likeness (QED) is 0.692. The summed E-state index contributed by atoms with van der Waals surface area (Å²) in [5.74, 6) is -0.00256. The van der Waals surface area contributed by atoms with Crippen LogP contribution < -0.4 is 4.90 Å². The third kappa shape index (κ3) is 4.85. The van der Waals surface area contributed by atoms with Crippen molar-refractivity contribution >= 4 is 50.0 Å². The summed E-state index contributed by atoms with van der Waals surface area (Å²) in [6.07, 6.45) is 1.91. The first-order valence-electron chi connectivity index (χ1n) is 9.49. The number of sulfone groups is 1. The van der Waals surface area contributed by atoms with Crippen LogP contribution in [-0.2, 0) is 21.1 Å². The van der Waals surface area contributed by atoms with Gasteiger partial charge in [-0.05, 0) is 36.6 Å². The van der Waals surface area contributed by atoms with E-state index < -0.39 is 9.84 Å². The van der Waals surface area contributed by atoms with Gasteiger partial charge in [0.15, 0.2) is 15.0 Å². The molecule has 2 fully saturated rings. The first kappa shape index (κ1) is 20.4. The van der Waals surface area contributed by atoms with E-state index in [4.69, 9.17) is 11.6 Å². The Bertz CT molecular complexity index is 1040. The fourth-order valence-electron chi connectivity index (χ4n) is 3.74. The molecule has 2 aromatic carbocycles. The van der Waals surface area contributed by atoms with Crippen LogP contribution in [0.3, 0.4) is 0 Å². The summed E-state index contributed by atoms with van der Waals surface area (Å²) in [5.41, 5.74) is 1.97. The van der Waals surface area contributed by atoms with E-state index in [0.717, 1.165) is 18.5 Å². The zero-order valence-corrected chi connectivity index (χ0v) is 18.1. The number of carbonyl (C=O) groups is 1. The van der Waals surface area contributed by atoms with Crippen LogP contribution in [0.4, 0.5) is 5.69 Å². The minimum absolute atomic E-state index is 0.0679. The number of anilines is 1. The molecule has 0 saturated carbocycles. The maximum absolute atomic E-state index is 12.5. The van der Waals surface area contributed by atoms with Gasteiger partial charge in [-0.15, -0.1) is 0 Å². The van der Waals surface area contributed by atoms with Crippen molar-refractivity contribution in [2.75, 3.05) is 16.4 Å². The minimum atomic E-state index is -3.09. The van der Waals surface area contributed by atoms with Crippen LogP contribution in [0.25, 0.3) is 0 Å². The Morgan fingerprint density at radius 2 is 1.93 bits per heavy atom. The van der Waals surface area contributed by atoms with Crippen LogP contribution in [0.2, 0.25) is 5.02 Å². The first-order chi connectivity index (χ1) is 13.9. The molecule has 152 valence electrons. The van der Waals surface area contributed by atoms with Crippen LogP contribution in [0.15, 0.2) is 59.6 Å². The summed E-state index contributed by atoms with van der Waals surface area (Å²) in [5, 5.41) is 1.02. The topological polar surface area (TPSA) is 66.8 Å². The standard InChI is InChI=1S/C21H21ClN2O3S2/c22-16-9-5-10-17(12-16)24-18-13-29(26,27)14-19(18)28-21(24)23-20(25)11-4-8-15-6-2-1-3-7-15/h1-3,5-7,9-10,12,18-19H,4,8,11,13-14H2. The summed E-state index contributed by atoms with van der Waals surface area (Å²) in [6.45, 7) is 0. The van der Waals surface area contributed by atoms with Crippen molar-refractivity contribution in [2.45, 2.75) is 30.6 Å². The Balaban J connectivity index is 1.51. The van der Waals surface area contributed by atoms with Gasteiger partial charge in [-0.3, -0.25) is 4.79 Å². The predicted molar refractivity (Wildman–Crippen MR) is 120 cm³/mol. The highest BCUT2D eigenvalue weighted by Gasteiger charge is 2.49. The molecule has 0 bridgehead atoms. The van der Waals surface area contributed by atoms with E-state index in [-0.39, 0.29) is 28.7 Å². The molecule has 0 spiro atoms. The van der Waals surface area contributed by atoms with E-state index in [0.29, 0.717) is 16.6 Å².